The average molecular weight is 354 g/mol. The van der Waals surface area contributed by atoms with Gasteiger partial charge in [0.2, 0.25) is 0 Å². The highest BCUT2D eigenvalue weighted by atomic mass is 16.5. The van der Waals surface area contributed by atoms with Crippen molar-refractivity contribution < 1.29 is 24.5 Å². The van der Waals surface area contributed by atoms with Gasteiger partial charge in [-0.05, 0) is 25.8 Å². The molecule has 0 aliphatic carbocycles. The van der Waals surface area contributed by atoms with Crippen molar-refractivity contribution in [2.75, 3.05) is 7.11 Å². The molecule has 0 atom stereocenters. The van der Waals surface area contributed by atoms with Crippen LogP contribution in [0.2, 0.25) is 0 Å². The van der Waals surface area contributed by atoms with Gasteiger partial charge in [0.25, 0.3) is 0 Å². The summed E-state index contributed by atoms with van der Waals surface area (Å²) >= 11 is 0. The molecule has 5 nitrogen and oxygen atoms in total. The van der Waals surface area contributed by atoms with Crippen molar-refractivity contribution in [2.45, 2.75) is 26.7 Å². The molecule has 0 aliphatic heterocycles. The van der Waals surface area contributed by atoms with Crippen LogP contribution < -0.4 is 4.74 Å². The first kappa shape index (κ1) is 19.2. The van der Waals surface area contributed by atoms with Gasteiger partial charge in [-0.2, -0.15) is 0 Å². The Labute approximate surface area is 152 Å². The molecule has 26 heavy (non-hydrogen) atoms. The van der Waals surface area contributed by atoms with Crippen LogP contribution in [-0.4, -0.2) is 29.1 Å². The third kappa shape index (κ3) is 4.30. The van der Waals surface area contributed by atoms with E-state index >= 15 is 0 Å². The molecule has 0 spiro atoms. The number of methoxy groups -OCH3 is 1. The van der Waals surface area contributed by atoms with E-state index in [0.29, 0.717) is 23.3 Å². The zero-order valence-corrected chi connectivity index (χ0v) is 15.1. The molecule has 0 heterocycles. The number of aromatic hydroxyl groups is 1. The van der Waals surface area contributed by atoms with Crippen molar-refractivity contribution in [3.63, 3.8) is 0 Å². The topological polar surface area (TPSA) is 83.8 Å². The third-order valence-electron chi connectivity index (χ3n) is 4.07. The Kier molecular flexibility index (Phi) is 6.17. The van der Waals surface area contributed by atoms with E-state index in [1.165, 1.54) is 13.2 Å². The minimum Gasteiger partial charge on any atom is -0.507 e. The number of rotatable bonds is 7. The third-order valence-corrected chi connectivity index (χ3v) is 4.07. The number of carbonyl (C=O) groups excluding carboxylic acids is 1. The molecule has 5 heteroatoms. The molecule has 136 valence electrons. The first-order valence-corrected chi connectivity index (χ1v) is 8.21. The van der Waals surface area contributed by atoms with E-state index in [-0.39, 0.29) is 23.3 Å². The maximum Gasteiger partial charge on any atom is 0.339 e. The molecule has 0 bridgehead atoms. The average Bonchev–Trinajstić information content (AvgIpc) is 2.60. The molecular formula is C21H22O5. The van der Waals surface area contributed by atoms with Crippen molar-refractivity contribution in [3.05, 3.63) is 70.3 Å². The number of hydrogen-bond acceptors (Lipinski definition) is 4. The van der Waals surface area contributed by atoms with E-state index in [0.717, 1.165) is 5.57 Å². The smallest absolute Gasteiger partial charge is 0.339 e. The van der Waals surface area contributed by atoms with Gasteiger partial charge >= 0.3 is 5.97 Å². The van der Waals surface area contributed by atoms with Gasteiger partial charge in [-0.1, -0.05) is 42.0 Å². The number of ketones is 1. The second-order valence-corrected chi connectivity index (χ2v) is 6.19. The lowest BCUT2D eigenvalue weighted by Gasteiger charge is -2.17. The van der Waals surface area contributed by atoms with Crippen LogP contribution in [0.5, 0.6) is 11.5 Å². The summed E-state index contributed by atoms with van der Waals surface area (Å²) in [7, 11) is 1.45. The molecule has 0 radical (unpaired) electrons. The number of benzene rings is 2. The van der Waals surface area contributed by atoms with E-state index in [2.05, 4.69) is 0 Å². The molecule has 0 saturated heterocycles. The van der Waals surface area contributed by atoms with Gasteiger partial charge in [0, 0.05) is 23.6 Å². The molecule has 0 amide bonds. The summed E-state index contributed by atoms with van der Waals surface area (Å²) in [5.74, 6) is -1.55. The SMILES string of the molecule is COc1cc(O)c(C(=O)O)c(CC(=O)c2ccccc2)c1CC=C(C)C. The number of carboxylic acid groups (broad SMARTS) is 1. The van der Waals surface area contributed by atoms with Crippen molar-refractivity contribution in [3.8, 4) is 11.5 Å². The van der Waals surface area contributed by atoms with Gasteiger partial charge in [-0.3, -0.25) is 4.79 Å². The summed E-state index contributed by atoms with van der Waals surface area (Å²) in [6.07, 6.45) is 2.20. The number of aromatic carboxylic acids is 1. The Morgan fingerprint density at radius 1 is 1.12 bits per heavy atom. The molecule has 2 aromatic carbocycles. The number of hydrogen-bond donors (Lipinski definition) is 2. The van der Waals surface area contributed by atoms with Crippen LogP contribution in [0.3, 0.4) is 0 Å². The zero-order chi connectivity index (χ0) is 19.3. The Balaban J connectivity index is 2.62. The van der Waals surface area contributed by atoms with Crippen molar-refractivity contribution in [1.29, 1.82) is 0 Å². The Hall–Kier alpha value is -3.08. The van der Waals surface area contributed by atoms with Gasteiger partial charge in [-0.25, -0.2) is 4.79 Å². The number of carboxylic acids is 1. The monoisotopic (exact) mass is 354 g/mol. The highest BCUT2D eigenvalue weighted by molar-refractivity contribution is 6.01. The molecular weight excluding hydrogens is 332 g/mol. The predicted molar refractivity (Wildman–Crippen MR) is 99.2 cm³/mol. The van der Waals surface area contributed by atoms with Crippen LogP contribution in [-0.2, 0) is 12.8 Å². The molecule has 0 aromatic heterocycles. The summed E-state index contributed by atoms with van der Waals surface area (Å²) < 4.78 is 5.33. The van der Waals surface area contributed by atoms with Crippen LogP contribution in [0.1, 0.15) is 45.7 Å². The predicted octanol–water partition coefficient (Wildman–Crippen LogP) is 4.03. The first-order chi connectivity index (χ1) is 12.3. The number of phenols is 1. The summed E-state index contributed by atoms with van der Waals surface area (Å²) in [6.45, 7) is 3.86. The fourth-order valence-electron chi connectivity index (χ4n) is 2.77. The minimum atomic E-state index is -1.28. The standard InChI is InChI=1S/C21H22O5/c1-13(2)9-10-15-16(11-17(22)14-7-5-4-6-8-14)20(21(24)25)18(23)12-19(15)26-3/h4-9,12,23H,10-11H2,1-3H3,(H,24,25). The quantitative estimate of drug-likeness (QED) is 0.579. The Bertz CT molecular complexity index is 846. The summed E-state index contributed by atoms with van der Waals surface area (Å²) in [5, 5.41) is 19.7. The molecule has 0 aliphatic rings. The van der Waals surface area contributed by atoms with Crippen molar-refractivity contribution >= 4 is 11.8 Å². The van der Waals surface area contributed by atoms with Crippen LogP contribution in [0, 0.1) is 0 Å². The molecule has 2 rings (SSSR count). The van der Waals surface area contributed by atoms with E-state index in [1.54, 1.807) is 30.3 Å². The van der Waals surface area contributed by atoms with E-state index in [1.807, 2.05) is 19.9 Å². The lowest BCUT2D eigenvalue weighted by molar-refractivity contribution is 0.0692. The lowest BCUT2D eigenvalue weighted by Crippen LogP contribution is -2.13. The normalized spacial score (nSPS) is 10.3. The maximum absolute atomic E-state index is 12.7. The first-order valence-electron chi connectivity index (χ1n) is 8.21. The number of ether oxygens (including phenoxy) is 1. The number of carbonyl (C=O) groups is 2. The van der Waals surface area contributed by atoms with Gasteiger partial charge < -0.3 is 14.9 Å². The number of allylic oxidation sites excluding steroid dienone is 2. The van der Waals surface area contributed by atoms with Gasteiger partial charge in [-0.15, -0.1) is 0 Å². The van der Waals surface area contributed by atoms with E-state index in [9.17, 15) is 19.8 Å². The summed E-state index contributed by atoms with van der Waals surface area (Å²) in [4.78, 5) is 24.4. The van der Waals surface area contributed by atoms with Crippen LogP contribution in [0.15, 0.2) is 48.0 Å². The zero-order valence-electron chi connectivity index (χ0n) is 15.1. The molecule has 0 saturated carbocycles. The minimum absolute atomic E-state index is 0.137. The lowest BCUT2D eigenvalue weighted by atomic mass is 9.91. The fraction of sp³-hybridized carbons (Fsp3) is 0.238. The molecule has 2 N–H and O–H groups in total. The van der Waals surface area contributed by atoms with Gasteiger partial charge in [0.05, 0.1) is 7.11 Å². The summed E-state index contributed by atoms with van der Waals surface area (Å²) in [5.41, 5.74) is 2.15. The molecule has 0 fully saturated rings. The van der Waals surface area contributed by atoms with Crippen LogP contribution in [0.25, 0.3) is 0 Å². The second-order valence-electron chi connectivity index (χ2n) is 6.19. The highest BCUT2D eigenvalue weighted by Crippen LogP contribution is 2.35. The molecule has 2 aromatic rings. The highest BCUT2D eigenvalue weighted by Gasteiger charge is 2.24. The maximum atomic E-state index is 12.7. The van der Waals surface area contributed by atoms with Gasteiger partial charge in [0.15, 0.2) is 5.78 Å². The Morgan fingerprint density at radius 2 is 1.77 bits per heavy atom. The second kappa shape index (κ2) is 8.34. The van der Waals surface area contributed by atoms with Gasteiger partial charge in [0.1, 0.15) is 17.1 Å². The van der Waals surface area contributed by atoms with E-state index in [4.69, 9.17) is 4.74 Å². The van der Waals surface area contributed by atoms with Crippen molar-refractivity contribution in [1.82, 2.24) is 0 Å². The van der Waals surface area contributed by atoms with E-state index < -0.39 is 11.7 Å². The molecule has 0 unspecified atom stereocenters. The van der Waals surface area contributed by atoms with Crippen LogP contribution in [0.4, 0.5) is 0 Å². The largest absolute Gasteiger partial charge is 0.507 e. The summed E-state index contributed by atoms with van der Waals surface area (Å²) in [6, 6.07) is 9.94. The van der Waals surface area contributed by atoms with Crippen LogP contribution >= 0.6 is 0 Å². The number of Topliss-reactive ketones (excluding diaryl/α,β-unsaturated/α-hetero) is 1. The van der Waals surface area contributed by atoms with Crippen molar-refractivity contribution in [2.24, 2.45) is 0 Å². The Morgan fingerprint density at radius 3 is 2.31 bits per heavy atom. The fourth-order valence-corrected chi connectivity index (χ4v) is 2.77.